The first-order valence-corrected chi connectivity index (χ1v) is 6.97. The van der Waals surface area contributed by atoms with Crippen molar-refractivity contribution in [3.05, 3.63) is 26.8 Å². The Balaban J connectivity index is 2.61. The lowest BCUT2D eigenvalue weighted by Gasteiger charge is -2.13. The number of halogens is 2. The van der Waals surface area contributed by atoms with Gasteiger partial charge >= 0.3 is 0 Å². The van der Waals surface area contributed by atoms with Gasteiger partial charge in [-0.2, -0.15) is 0 Å². The molecule has 0 aliphatic heterocycles. The van der Waals surface area contributed by atoms with Gasteiger partial charge in [0, 0.05) is 21.1 Å². The van der Waals surface area contributed by atoms with Gasteiger partial charge in [0.25, 0.3) is 0 Å². The van der Waals surface area contributed by atoms with Crippen LogP contribution in [-0.4, -0.2) is 19.0 Å². The summed E-state index contributed by atoms with van der Waals surface area (Å²) in [5.74, 6) is -0.0346. The molecule has 0 aliphatic carbocycles. The van der Waals surface area contributed by atoms with Crippen molar-refractivity contribution < 1.29 is 4.79 Å². The van der Waals surface area contributed by atoms with Gasteiger partial charge in [0.2, 0.25) is 5.91 Å². The number of carbonyl (C=O) groups is 1. The third-order valence-corrected chi connectivity index (χ3v) is 3.46. The van der Waals surface area contributed by atoms with Crippen LogP contribution >= 0.6 is 34.2 Å². The van der Waals surface area contributed by atoms with E-state index in [1.54, 1.807) is 6.07 Å². The number of benzene rings is 1. The van der Waals surface area contributed by atoms with E-state index in [9.17, 15) is 4.79 Å². The lowest BCUT2D eigenvalue weighted by Crippen LogP contribution is -2.30. The second-order valence-corrected chi connectivity index (χ2v) is 5.42. The molecule has 1 aromatic rings. The van der Waals surface area contributed by atoms with Crippen molar-refractivity contribution in [2.75, 3.05) is 18.4 Å². The maximum absolute atomic E-state index is 11.9. The van der Waals surface area contributed by atoms with Crippen molar-refractivity contribution in [3.8, 4) is 0 Å². The number of anilines is 1. The number of carbonyl (C=O) groups excluding carboxylic acids is 1. The molecule has 2 N–H and O–H groups in total. The molecule has 1 aromatic carbocycles. The molecule has 1 rings (SSSR count). The van der Waals surface area contributed by atoms with Gasteiger partial charge < -0.3 is 10.6 Å². The fraction of sp³-hybridized carbons (Fsp3) is 0.417. The highest BCUT2D eigenvalue weighted by Gasteiger charge is 2.13. The van der Waals surface area contributed by atoms with Crippen LogP contribution in [0.3, 0.4) is 0 Å². The van der Waals surface area contributed by atoms with Gasteiger partial charge in [-0.05, 0) is 47.3 Å². The second kappa shape index (κ2) is 7.18. The Hall–Kier alpha value is -0.330. The fourth-order valence-corrected chi connectivity index (χ4v) is 2.31. The van der Waals surface area contributed by atoms with Crippen LogP contribution in [0.1, 0.15) is 13.8 Å². The van der Waals surface area contributed by atoms with E-state index in [4.69, 9.17) is 11.6 Å². The minimum absolute atomic E-state index is 0.0196. The van der Waals surface area contributed by atoms with Crippen molar-refractivity contribution in [1.82, 2.24) is 5.32 Å². The first kappa shape index (κ1) is 14.7. The van der Waals surface area contributed by atoms with Crippen LogP contribution in [0.15, 0.2) is 18.2 Å². The normalized spacial score (nSPS) is 12.2. The lowest BCUT2D eigenvalue weighted by atomic mass is 10.1. The number of rotatable bonds is 5. The standard InChI is InChI=1S/C12H16ClIN2O/c1-3-15-7-8(2)12(17)16-11-5-4-9(13)6-10(11)14/h4-6,8,15H,3,7H2,1-2H3,(H,16,17). The summed E-state index contributed by atoms with van der Waals surface area (Å²) in [5, 5.41) is 6.73. The minimum Gasteiger partial charge on any atom is -0.325 e. The van der Waals surface area contributed by atoms with Gasteiger partial charge in [-0.25, -0.2) is 0 Å². The van der Waals surface area contributed by atoms with Crippen molar-refractivity contribution in [2.24, 2.45) is 5.92 Å². The highest BCUT2D eigenvalue weighted by atomic mass is 127. The predicted molar refractivity (Wildman–Crippen MR) is 80.5 cm³/mol. The molecular weight excluding hydrogens is 351 g/mol. The third kappa shape index (κ3) is 4.81. The van der Waals surface area contributed by atoms with Gasteiger partial charge in [0.15, 0.2) is 0 Å². The molecule has 0 spiro atoms. The van der Waals surface area contributed by atoms with Crippen molar-refractivity contribution in [2.45, 2.75) is 13.8 Å². The molecule has 0 fully saturated rings. The summed E-state index contributed by atoms with van der Waals surface area (Å²) in [6, 6.07) is 5.42. The summed E-state index contributed by atoms with van der Waals surface area (Å²) in [6.45, 7) is 5.48. The minimum atomic E-state index is -0.0542. The smallest absolute Gasteiger partial charge is 0.228 e. The number of hydrogen-bond acceptors (Lipinski definition) is 2. The number of hydrogen-bond donors (Lipinski definition) is 2. The summed E-state index contributed by atoms with van der Waals surface area (Å²) in [4.78, 5) is 11.9. The summed E-state index contributed by atoms with van der Waals surface area (Å²) >= 11 is 8.01. The van der Waals surface area contributed by atoms with Crippen molar-refractivity contribution >= 4 is 45.8 Å². The summed E-state index contributed by atoms with van der Waals surface area (Å²) in [7, 11) is 0. The highest BCUT2D eigenvalue weighted by molar-refractivity contribution is 14.1. The zero-order valence-electron chi connectivity index (χ0n) is 9.89. The molecule has 0 saturated heterocycles. The van der Waals surface area contributed by atoms with E-state index >= 15 is 0 Å². The lowest BCUT2D eigenvalue weighted by molar-refractivity contribution is -0.119. The number of amides is 1. The van der Waals surface area contributed by atoms with Crippen LogP contribution in [0.4, 0.5) is 5.69 Å². The average Bonchev–Trinajstić information content (AvgIpc) is 2.29. The van der Waals surface area contributed by atoms with Crippen molar-refractivity contribution in [1.29, 1.82) is 0 Å². The molecule has 1 amide bonds. The Kier molecular flexibility index (Phi) is 6.22. The van der Waals surface area contributed by atoms with Crippen LogP contribution in [0, 0.1) is 9.49 Å². The Morgan fingerprint density at radius 2 is 2.24 bits per heavy atom. The highest BCUT2D eigenvalue weighted by Crippen LogP contribution is 2.22. The quantitative estimate of drug-likeness (QED) is 0.786. The van der Waals surface area contributed by atoms with E-state index in [-0.39, 0.29) is 11.8 Å². The summed E-state index contributed by atoms with van der Waals surface area (Å²) in [6.07, 6.45) is 0. The fourth-order valence-electron chi connectivity index (χ4n) is 1.30. The summed E-state index contributed by atoms with van der Waals surface area (Å²) < 4.78 is 0.944. The maximum atomic E-state index is 11.9. The Bertz CT molecular complexity index is 398. The number of nitrogens with one attached hydrogen (secondary N) is 2. The Labute approximate surface area is 120 Å². The zero-order valence-corrected chi connectivity index (χ0v) is 12.8. The van der Waals surface area contributed by atoms with E-state index in [1.165, 1.54) is 0 Å². The molecule has 1 unspecified atom stereocenters. The molecule has 0 heterocycles. The largest absolute Gasteiger partial charge is 0.325 e. The SMILES string of the molecule is CCNCC(C)C(=O)Nc1ccc(Cl)cc1I. The van der Waals surface area contributed by atoms with Gasteiger partial charge in [-0.15, -0.1) is 0 Å². The summed E-state index contributed by atoms with van der Waals surface area (Å²) in [5.41, 5.74) is 0.809. The Morgan fingerprint density at radius 3 is 2.82 bits per heavy atom. The van der Waals surface area contributed by atoms with E-state index in [0.29, 0.717) is 11.6 Å². The molecule has 94 valence electrons. The third-order valence-electron chi connectivity index (χ3n) is 2.34. The molecule has 0 radical (unpaired) electrons. The molecule has 0 saturated carbocycles. The second-order valence-electron chi connectivity index (χ2n) is 3.82. The van der Waals surface area contributed by atoms with Crippen LogP contribution < -0.4 is 10.6 Å². The van der Waals surface area contributed by atoms with Gasteiger partial charge in [0.1, 0.15) is 0 Å². The topological polar surface area (TPSA) is 41.1 Å². The maximum Gasteiger partial charge on any atom is 0.228 e. The van der Waals surface area contributed by atoms with Crippen LogP contribution in [-0.2, 0) is 4.79 Å². The zero-order chi connectivity index (χ0) is 12.8. The van der Waals surface area contributed by atoms with Crippen LogP contribution in [0.25, 0.3) is 0 Å². The molecule has 0 aliphatic rings. The van der Waals surface area contributed by atoms with E-state index in [2.05, 4.69) is 33.2 Å². The van der Waals surface area contributed by atoms with Crippen molar-refractivity contribution in [3.63, 3.8) is 0 Å². The van der Waals surface area contributed by atoms with Crippen LogP contribution in [0.2, 0.25) is 5.02 Å². The first-order chi connectivity index (χ1) is 8.04. The van der Waals surface area contributed by atoms with Gasteiger partial charge in [0.05, 0.1) is 5.69 Å². The first-order valence-electron chi connectivity index (χ1n) is 5.51. The molecule has 0 aromatic heterocycles. The molecule has 1 atom stereocenters. The average molecular weight is 367 g/mol. The van der Waals surface area contributed by atoms with E-state index < -0.39 is 0 Å². The molecule has 5 heteroatoms. The molecule has 0 bridgehead atoms. The Morgan fingerprint density at radius 1 is 1.53 bits per heavy atom. The molecular formula is C12H16ClIN2O. The predicted octanol–water partition coefficient (Wildman–Crippen LogP) is 3.13. The van der Waals surface area contributed by atoms with Crippen LogP contribution in [0.5, 0.6) is 0 Å². The molecule has 3 nitrogen and oxygen atoms in total. The molecule has 17 heavy (non-hydrogen) atoms. The van der Waals surface area contributed by atoms with E-state index in [1.807, 2.05) is 26.0 Å². The monoisotopic (exact) mass is 366 g/mol. The van der Waals surface area contributed by atoms with Gasteiger partial charge in [-0.1, -0.05) is 25.4 Å². The van der Waals surface area contributed by atoms with Gasteiger partial charge in [-0.3, -0.25) is 4.79 Å². The van der Waals surface area contributed by atoms with E-state index in [0.717, 1.165) is 15.8 Å².